The molecule has 208 valence electrons. The summed E-state index contributed by atoms with van der Waals surface area (Å²) in [6.45, 7) is 2.99. The van der Waals surface area contributed by atoms with Gasteiger partial charge in [0.15, 0.2) is 0 Å². The third-order valence-electron chi connectivity index (χ3n) is 6.23. The lowest BCUT2D eigenvalue weighted by molar-refractivity contribution is -0.140. The highest BCUT2D eigenvalue weighted by atomic mass is 35.5. The summed E-state index contributed by atoms with van der Waals surface area (Å²) in [7, 11) is -1.39. The summed E-state index contributed by atoms with van der Waals surface area (Å²) in [6.07, 6.45) is 0.293. The van der Waals surface area contributed by atoms with E-state index in [-0.39, 0.29) is 33.8 Å². The van der Waals surface area contributed by atoms with Gasteiger partial charge in [-0.25, -0.2) is 8.42 Å². The summed E-state index contributed by atoms with van der Waals surface area (Å²) in [5.41, 5.74) is 1.58. The number of hydrogen-bond donors (Lipinski definition) is 1. The number of anilines is 1. The van der Waals surface area contributed by atoms with Crippen LogP contribution >= 0.6 is 23.2 Å². The van der Waals surface area contributed by atoms with Crippen LogP contribution in [0.3, 0.4) is 0 Å². The fourth-order valence-electron chi connectivity index (χ4n) is 4.11. The quantitative estimate of drug-likeness (QED) is 0.336. The summed E-state index contributed by atoms with van der Waals surface area (Å²) < 4.78 is 34.4. The SMILES string of the molecule is CC[C@H](C(=O)NC)N(Cc1ccccc1Cl)C(=O)CN(c1cc(Cl)ccc1OC)S(=O)(=O)c1ccc(C)cc1. The van der Waals surface area contributed by atoms with Crippen molar-refractivity contribution in [2.24, 2.45) is 0 Å². The van der Waals surface area contributed by atoms with Gasteiger partial charge in [0.05, 0.1) is 17.7 Å². The number of halogens is 2. The molecule has 0 spiro atoms. The van der Waals surface area contributed by atoms with Crippen molar-refractivity contribution in [3.05, 3.63) is 87.9 Å². The van der Waals surface area contributed by atoms with Crippen molar-refractivity contribution >= 4 is 50.7 Å². The molecule has 2 amide bonds. The van der Waals surface area contributed by atoms with Crippen LogP contribution in [0.4, 0.5) is 5.69 Å². The number of carbonyl (C=O) groups is 2. The van der Waals surface area contributed by atoms with Gasteiger partial charge in [-0.3, -0.25) is 13.9 Å². The van der Waals surface area contributed by atoms with Gasteiger partial charge < -0.3 is 15.0 Å². The Bertz CT molecular complexity index is 1430. The maximum atomic E-state index is 14.0. The normalized spacial score (nSPS) is 11.9. The Balaban J connectivity index is 2.14. The summed E-state index contributed by atoms with van der Waals surface area (Å²) in [5, 5.41) is 3.26. The number of benzene rings is 3. The van der Waals surface area contributed by atoms with Crippen molar-refractivity contribution in [1.82, 2.24) is 10.2 Å². The molecule has 39 heavy (non-hydrogen) atoms. The minimum absolute atomic E-state index is 0.00443. The summed E-state index contributed by atoms with van der Waals surface area (Å²) in [5.74, 6) is -0.784. The third kappa shape index (κ3) is 7.03. The average Bonchev–Trinajstić information content (AvgIpc) is 2.92. The van der Waals surface area contributed by atoms with Crippen molar-refractivity contribution in [3.63, 3.8) is 0 Å². The maximum Gasteiger partial charge on any atom is 0.264 e. The molecule has 8 nitrogen and oxygen atoms in total. The van der Waals surface area contributed by atoms with Crippen molar-refractivity contribution in [3.8, 4) is 5.75 Å². The lowest BCUT2D eigenvalue weighted by Crippen LogP contribution is -2.51. The second kappa shape index (κ2) is 13.2. The second-order valence-electron chi connectivity index (χ2n) is 8.79. The van der Waals surface area contributed by atoms with Gasteiger partial charge in [0.25, 0.3) is 10.0 Å². The Morgan fingerprint density at radius 2 is 1.69 bits per heavy atom. The first-order valence-electron chi connectivity index (χ1n) is 12.2. The van der Waals surface area contributed by atoms with Crippen LogP contribution in [0, 0.1) is 6.92 Å². The number of methoxy groups -OCH3 is 1. The molecule has 0 unspecified atom stereocenters. The molecule has 0 aliphatic rings. The Morgan fingerprint density at radius 3 is 2.28 bits per heavy atom. The van der Waals surface area contributed by atoms with Crippen LogP contribution in [0.15, 0.2) is 71.6 Å². The Hall–Kier alpha value is -3.27. The molecule has 1 atom stereocenters. The van der Waals surface area contributed by atoms with Gasteiger partial charge in [0.2, 0.25) is 11.8 Å². The van der Waals surface area contributed by atoms with Gasteiger partial charge in [-0.1, -0.05) is 66.0 Å². The number of likely N-dealkylation sites (N-methyl/N-ethyl adjacent to an activating group) is 1. The standard InChI is InChI=1S/C28H31Cl2N3O5S/c1-5-24(28(35)31-3)32(17-20-8-6-7-9-23(20)30)27(34)18-33(25-16-21(29)12-15-26(25)38-4)39(36,37)22-13-10-19(2)11-14-22/h6-16,24H,5,17-18H2,1-4H3,(H,31,35)/t24-/m1/s1. The lowest BCUT2D eigenvalue weighted by atomic mass is 10.1. The molecular weight excluding hydrogens is 561 g/mol. The highest BCUT2D eigenvalue weighted by Crippen LogP contribution is 2.35. The van der Waals surface area contributed by atoms with Crippen LogP contribution < -0.4 is 14.4 Å². The fourth-order valence-corrected chi connectivity index (χ4v) is 5.88. The number of amides is 2. The Labute approximate surface area is 239 Å². The minimum Gasteiger partial charge on any atom is -0.495 e. The zero-order valence-electron chi connectivity index (χ0n) is 22.1. The summed E-state index contributed by atoms with van der Waals surface area (Å²) in [6, 6.07) is 16.9. The van der Waals surface area contributed by atoms with Gasteiger partial charge in [-0.2, -0.15) is 0 Å². The number of aryl methyl sites for hydroxylation is 1. The highest BCUT2D eigenvalue weighted by molar-refractivity contribution is 7.92. The average molecular weight is 593 g/mol. The predicted molar refractivity (Wildman–Crippen MR) is 154 cm³/mol. The zero-order chi connectivity index (χ0) is 28.7. The molecule has 11 heteroatoms. The molecule has 0 saturated carbocycles. The Morgan fingerprint density at radius 1 is 1.03 bits per heavy atom. The van der Waals surface area contributed by atoms with Gasteiger partial charge in [0, 0.05) is 23.6 Å². The number of ether oxygens (including phenoxy) is 1. The van der Waals surface area contributed by atoms with E-state index < -0.39 is 28.5 Å². The van der Waals surface area contributed by atoms with Crippen LogP contribution in [-0.2, 0) is 26.2 Å². The molecule has 0 heterocycles. The molecule has 1 N–H and O–H groups in total. The molecule has 0 aromatic heterocycles. The van der Waals surface area contributed by atoms with E-state index >= 15 is 0 Å². The Kier molecular flexibility index (Phi) is 10.2. The number of nitrogens with zero attached hydrogens (tertiary/aromatic N) is 2. The minimum atomic E-state index is -4.27. The van der Waals surface area contributed by atoms with E-state index in [0.717, 1.165) is 9.87 Å². The van der Waals surface area contributed by atoms with Crippen LogP contribution in [0.5, 0.6) is 5.75 Å². The molecule has 3 aromatic rings. The molecule has 0 saturated heterocycles. The fraction of sp³-hybridized carbons (Fsp3) is 0.286. The second-order valence-corrected chi connectivity index (χ2v) is 11.5. The van der Waals surface area contributed by atoms with Crippen LogP contribution in [0.25, 0.3) is 0 Å². The van der Waals surface area contributed by atoms with E-state index in [1.54, 1.807) is 49.4 Å². The van der Waals surface area contributed by atoms with Crippen molar-refractivity contribution in [1.29, 1.82) is 0 Å². The molecular formula is C28H31Cl2N3O5S. The number of nitrogens with one attached hydrogen (secondary N) is 1. The van der Waals surface area contributed by atoms with E-state index in [1.165, 1.54) is 43.3 Å². The molecule has 3 aromatic carbocycles. The molecule has 0 fully saturated rings. The van der Waals surface area contributed by atoms with Crippen LogP contribution in [0.2, 0.25) is 10.0 Å². The largest absolute Gasteiger partial charge is 0.495 e. The van der Waals surface area contributed by atoms with E-state index in [9.17, 15) is 18.0 Å². The maximum absolute atomic E-state index is 14.0. The number of rotatable bonds is 11. The van der Waals surface area contributed by atoms with E-state index in [1.807, 2.05) is 6.92 Å². The first kappa shape index (κ1) is 30.3. The molecule has 3 rings (SSSR count). The zero-order valence-corrected chi connectivity index (χ0v) is 24.5. The van der Waals surface area contributed by atoms with Crippen molar-refractivity contribution < 1.29 is 22.7 Å². The molecule has 0 aliphatic heterocycles. The predicted octanol–water partition coefficient (Wildman–Crippen LogP) is 5.06. The molecule has 0 aliphatic carbocycles. The molecule has 0 radical (unpaired) electrons. The monoisotopic (exact) mass is 591 g/mol. The van der Waals surface area contributed by atoms with Gasteiger partial charge >= 0.3 is 0 Å². The first-order chi connectivity index (χ1) is 18.5. The smallest absolute Gasteiger partial charge is 0.264 e. The van der Waals surface area contributed by atoms with Gasteiger partial charge in [-0.05, 0) is 55.3 Å². The van der Waals surface area contributed by atoms with Gasteiger partial charge in [0.1, 0.15) is 18.3 Å². The van der Waals surface area contributed by atoms with E-state index in [2.05, 4.69) is 5.32 Å². The topological polar surface area (TPSA) is 96.0 Å². The number of sulfonamides is 1. The highest BCUT2D eigenvalue weighted by Gasteiger charge is 2.34. The van der Waals surface area contributed by atoms with Gasteiger partial charge in [-0.15, -0.1) is 0 Å². The van der Waals surface area contributed by atoms with Crippen molar-refractivity contribution in [2.75, 3.05) is 25.0 Å². The van der Waals surface area contributed by atoms with E-state index in [4.69, 9.17) is 27.9 Å². The van der Waals surface area contributed by atoms with Crippen LogP contribution in [-0.4, -0.2) is 51.9 Å². The summed E-state index contributed by atoms with van der Waals surface area (Å²) in [4.78, 5) is 28.1. The molecule has 0 bridgehead atoms. The van der Waals surface area contributed by atoms with Crippen molar-refractivity contribution in [2.45, 2.75) is 37.8 Å². The summed E-state index contributed by atoms with van der Waals surface area (Å²) >= 11 is 12.6. The number of hydrogen-bond acceptors (Lipinski definition) is 5. The van der Waals surface area contributed by atoms with E-state index in [0.29, 0.717) is 17.0 Å². The number of carbonyl (C=O) groups excluding carboxylic acids is 2. The first-order valence-corrected chi connectivity index (χ1v) is 14.4. The third-order valence-corrected chi connectivity index (χ3v) is 8.61. The van der Waals surface area contributed by atoms with Crippen LogP contribution in [0.1, 0.15) is 24.5 Å². The lowest BCUT2D eigenvalue weighted by Gasteiger charge is -2.33.